The van der Waals surface area contributed by atoms with Crippen molar-refractivity contribution in [1.82, 2.24) is 5.32 Å². The van der Waals surface area contributed by atoms with Crippen LogP contribution in [0.4, 0.5) is 0 Å². The number of carbonyl (C=O) groups excluding carboxylic acids is 1. The number of carbonyl (C=O) groups is 1. The number of hydrogen-bond acceptors (Lipinski definition) is 3. The summed E-state index contributed by atoms with van der Waals surface area (Å²) in [5.74, 6) is 2.45. The molecule has 1 aromatic rings. The summed E-state index contributed by atoms with van der Waals surface area (Å²) in [7, 11) is 0. The third-order valence-electron chi connectivity index (χ3n) is 5.38. The smallest absolute Gasteiger partial charge is 0.207 e. The molecule has 4 heteroatoms. The van der Waals surface area contributed by atoms with Crippen LogP contribution in [-0.2, 0) is 4.79 Å². The molecule has 0 saturated heterocycles. The fourth-order valence-electron chi connectivity index (χ4n) is 4.69. The maximum atomic E-state index is 10.6. The normalized spacial score (nSPS) is 31.1. The van der Waals surface area contributed by atoms with E-state index >= 15 is 0 Å². The number of phenolic OH excluding ortho intramolecular Hbond substituents is 2. The lowest BCUT2D eigenvalue weighted by Gasteiger charge is -2.47. The van der Waals surface area contributed by atoms with Gasteiger partial charge < -0.3 is 15.5 Å². The molecule has 0 aliphatic heterocycles. The summed E-state index contributed by atoms with van der Waals surface area (Å²) in [4.78, 5) is 10.6. The highest BCUT2D eigenvalue weighted by atomic mass is 16.3. The Morgan fingerprint density at radius 3 is 2.28 bits per heavy atom. The monoisotopic (exact) mass is 345 g/mol. The van der Waals surface area contributed by atoms with Crippen LogP contribution in [0.1, 0.15) is 58.4 Å². The first-order valence-corrected chi connectivity index (χ1v) is 9.21. The van der Waals surface area contributed by atoms with E-state index in [2.05, 4.69) is 19.2 Å². The zero-order chi connectivity index (χ0) is 18.4. The van der Waals surface area contributed by atoms with E-state index in [0.717, 1.165) is 29.7 Å². The van der Waals surface area contributed by atoms with E-state index in [1.54, 1.807) is 6.07 Å². The molecule has 3 N–H and O–H groups in total. The van der Waals surface area contributed by atoms with E-state index in [9.17, 15) is 4.79 Å². The second-order valence-corrected chi connectivity index (χ2v) is 8.02. The molecule has 4 nitrogen and oxygen atoms in total. The molecular weight excluding hydrogens is 314 g/mol. The number of rotatable bonds is 3. The second-order valence-electron chi connectivity index (χ2n) is 8.02. The number of amides is 1. The van der Waals surface area contributed by atoms with Crippen molar-refractivity contribution in [2.75, 3.05) is 0 Å². The van der Waals surface area contributed by atoms with Crippen molar-refractivity contribution < 1.29 is 15.0 Å². The molecule has 0 heterocycles. The Morgan fingerprint density at radius 2 is 1.76 bits per heavy atom. The van der Waals surface area contributed by atoms with Crippen molar-refractivity contribution in [3.05, 3.63) is 29.8 Å². The Kier molecular flexibility index (Phi) is 6.51. The van der Waals surface area contributed by atoms with Crippen LogP contribution in [-0.4, -0.2) is 22.2 Å². The van der Waals surface area contributed by atoms with E-state index in [-0.39, 0.29) is 17.0 Å². The first kappa shape index (κ1) is 19.4. The maximum Gasteiger partial charge on any atom is 0.207 e. The van der Waals surface area contributed by atoms with Gasteiger partial charge in [0.25, 0.3) is 0 Å². The summed E-state index contributed by atoms with van der Waals surface area (Å²) in [5.41, 5.74) is 0.970. The quantitative estimate of drug-likeness (QED) is 0.559. The molecule has 25 heavy (non-hydrogen) atoms. The number of hydrogen-bond donors (Lipinski definition) is 3. The van der Waals surface area contributed by atoms with Crippen molar-refractivity contribution in [2.45, 2.75) is 58.4 Å². The lowest BCUT2D eigenvalue weighted by Crippen LogP contribution is -2.49. The van der Waals surface area contributed by atoms with Gasteiger partial charge >= 0.3 is 0 Å². The summed E-state index contributed by atoms with van der Waals surface area (Å²) in [6.07, 6.45) is 11.1. The standard InChI is InChI=1S/C12H21NO.C9H10O2/c1-9-3-10-5-11(4-9)7-12(2,6-10)13-8-14;1-2-3-7-4-5-8(10)9(11)6-7/h8-11H,3-7H2,1-2H3,(H,13,14);2-6,10-11H,1H3/b;3-2+. The summed E-state index contributed by atoms with van der Waals surface area (Å²) in [5, 5.41) is 21.0. The molecule has 3 rings (SSSR count). The maximum absolute atomic E-state index is 10.6. The lowest BCUT2D eigenvalue weighted by molar-refractivity contribution is -0.112. The van der Waals surface area contributed by atoms with E-state index in [4.69, 9.17) is 10.2 Å². The van der Waals surface area contributed by atoms with Crippen LogP contribution >= 0.6 is 0 Å². The van der Waals surface area contributed by atoms with E-state index in [0.29, 0.717) is 0 Å². The number of fused-ring (bicyclic) bond motifs is 2. The van der Waals surface area contributed by atoms with Gasteiger partial charge in [-0.15, -0.1) is 0 Å². The average Bonchev–Trinajstić information content (AvgIpc) is 2.50. The van der Waals surface area contributed by atoms with Crippen molar-refractivity contribution in [3.8, 4) is 11.5 Å². The number of allylic oxidation sites excluding steroid dienone is 1. The first-order chi connectivity index (χ1) is 11.8. The third-order valence-corrected chi connectivity index (χ3v) is 5.38. The number of aromatic hydroxyl groups is 2. The van der Waals surface area contributed by atoms with Crippen LogP contribution < -0.4 is 5.32 Å². The summed E-state index contributed by atoms with van der Waals surface area (Å²) in [6, 6.07) is 4.70. The summed E-state index contributed by atoms with van der Waals surface area (Å²) >= 11 is 0. The average molecular weight is 345 g/mol. The number of nitrogens with one attached hydrogen (secondary N) is 1. The van der Waals surface area contributed by atoms with Crippen molar-refractivity contribution in [1.29, 1.82) is 0 Å². The molecule has 138 valence electrons. The summed E-state index contributed by atoms with van der Waals surface area (Å²) < 4.78 is 0. The highest BCUT2D eigenvalue weighted by molar-refractivity contribution is 5.54. The number of benzene rings is 1. The van der Waals surface area contributed by atoms with Crippen LogP contribution in [0, 0.1) is 17.8 Å². The molecule has 2 aliphatic carbocycles. The van der Waals surface area contributed by atoms with Gasteiger partial charge in [0.2, 0.25) is 6.41 Å². The van der Waals surface area contributed by atoms with E-state index in [1.165, 1.54) is 44.2 Å². The predicted molar refractivity (Wildman–Crippen MR) is 101 cm³/mol. The van der Waals surface area contributed by atoms with Gasteiger partial charge in [0.05, 0.1) is 0 Å². The molecule has 2 unspecified atom stereocenters. The van der Waals surface area contributed by atoms with Gasteiger partial charge in [0.15, 0.2) is 11.5 Å². The minimum Gasteiger partial charge on any atom is -0.504 e. The molecule has 2 atom stereocenters. The molecule has 1 aromatic carbocycles. The molecule has 0 spiro atoms. The Bertz CT molecular complexity index is 593. The van der Waals surface area contributed by atoms with Gasteiger partial charge in [-0.1, -0.05) is 25.1 Å². The fraction of sp³-hybridized carbons (Fsp3) is 0.571. The predicted octanol–water partition coefficient (Wildman–Crippen LogP) is 4.47. The zero-order valence-corrected chi connectivity index (χ0v) is 15.5. The van der Waals surface area contributed by atoms with Gasteiger partial charge in [-0.05, 0) is 81.4 Å². The zero-order valence-electron chi connectivity index (χ0n) is 15.5. The van der Waals surface area contributed by atoms with Gasteiger partial charge in [-0.2, -0.15) is 0 Å². The minimum absolute atomic E-state index is 0.0828. The summed E-state index contributed by atoms with van der Waals surface area (Å²) in [6.45, 7) is 6.47. The lowest BCUT2D eigenvalue weighted by atomic mass is 9.63. The molecule has 0 radical (unpaired) electrons. The SMILES string of the molecule is C/C=C/c1ccc(O)c(O)c1.CC1CC2CC(C1)CC(C)(NC=O)C2. The van der Waals surface area contributed by atoms with Crippen molar-refractivity contribution >= 4 is 12.5 Å². The molecule has 2 fully saturated rings. The molecular formula is C21H31NO3. The molecule has 2 aliphatic rings. The Balaban J connectivity index is 0.000000186. The minimum atomic E-state index is -0.0850. The molecule has 2 saturated carbocycles. The van der Waals surface area contributed by atoms with Gasteiger partial charge in [-0.25, -0.2) is 0 Å². The molecule has 2 bridgehead atoms. The Morgan fingerprint density at radius 1 is 1.12 bits per heavy atom. The van der Waals surface area contributed by atoms with E-state index in [1.807, 2.05) is 19.1 Å². The van der Waals surface area contributed by atoms with Crippen LogP contribution in [0.15, 0.2) is 24.3 Å². The molecule has 1 amide bonds. The van der Waals surface area contributed by atoms with E-state index < -0.39 is 0 Å². The van der Waals surface area contributed by atoms with Crippen LogP contribution in [0.25, 0.3) is 6.08 Å². The fourth-order valence-corrected chi connectivity index (χ4v) is 4.69. The first-order valence-electron chi connectivity index (χ1n) is 9.21. The molecule has 0 aromatic heterocycles. The van der Waals surface area contributed by atoms with Gasteiger partial charge in [0, 0.05) is 5.54 Å². The highest BCUT2D eigenvalue weighted by Crippen LogP contribution is 2.46. The second kappa shape index (κ2) is 8.41. The number of phenols is 2. The largest absolute Gasteiger partial charge is 0.504 e. The Hall–Kier alpha value is -1.97. The van der Waals surface area contributed by atoms with Crippen molar-refractivity contribution in [2.24, 2.45) is 17.8 Å². The highest BCUT2D eigenvalue weighted by Gasteiger charge is 2.40. The van der Waals surface area contributed by atoms with Gasteiger partial charge in [0.1, 0.15) is 0 Å². The van der Waals surface area contributed by atoms with Crippen LogP contribution in [0.3, 0.4) is 0 Å². The van der Waals surface area contributed by atoms with Crippen LogP contribution in [0.2, 0.25) is 0 Å². The van der Waals surface area contributed by atoms with Gasteiger partial charge in [-0.3, -0.25) is 4.79 Å². The topological polar surface area (TPSA) is 69.6 Å². The van der Waals surface area contributed by atoms with Crippen molar-refractivity contribution in [3.63, 3.8) is 0 Å². The van der Waals surface area contributed by atoms with Crippen LogP contribution in [0.5, 0.6) is 11.5 Å². The third kappa shape index (κ3) is 5.52. The Labute approximate surface area is 151 Å².